The van der Waals surface area contributed by atoms with Crippen LogP contribution in [0.1, 0.15) is 35.8 Å². The Morgan fingerprint density at radius 2 is 2.25 bits per heavy atom. The van der Waals surface area contributed by atoms with Crippen LogP contribution in [-0.4, -0.2) is 9.78 Å². The van der Waals surface area contributed by atoms with Crippen LogP contribution < -0.4 is 0 Å². The van der Waals surface area contributed by atoms with Crippen molar-refractivity contribution in [3.8, 4) is 0 Å². The predicted molar refractivity (Wildman–Crippen MR) is 43.7 cm³/mol. The first kappa shape index (κ1) is 6.66. The van der Waals surface area contributed by atoms with Gasteiger partial charge >= 0.3 is 0 Å². The van der Waals surface area contributed by atoms with Crippen molar-refractivity contribution in [2.45, 2.75) is 39.0 Å². The Bertz CT molecular complexity index is 326. The molecule has 12 heavy (non-hydrogen) atoms. The molecule has 0 amide bonds. The second-order valence-corrected chi connectivity index (χ2v) is 3.68. The summed E-state index contributed by atoms with van der Waals surface area (Å²) < 4.78 is 7.57. The summed E-state index contributed by atoms with van der Waals surface area (Å²) in [6.07, 6.45) is 2.60. The molecule has 0 spiro atoms. The molecule has 3 heteroatoms. The molecule has 0 saturated heterocycles. The number of ether oxygens (including phenoxy) is 1. The largest absolute Gasteiger partial charge is 0.370 e. The third-order valence-corrected chi connectivity index (χ3v) is 2.70. The molecule has 3 nitrogen and oxygen atoms in total. The minimum absolute atomic E-state index is 0.689. The van der Waals surface area contributed by atoms with Gasteiger partial charge in [0.2, 0.25) is 0 Å². The smallest absolute Gasteiger partial charge is 0.0893 e. The average molecular weight is 164 g/mol. The van der Waals surface area contributed by atoms with Gasteiger partial charge in [0.05, 0.1) is 30.6 Å². The summed E-state index contributed by atoms with van der Waals surface area (Å²) in [5, 5.41) is 4.53. The summed E-state index contributed by atoms with van der Waals surface area (Å²) >= 11 is 0. The molecule has 1 fully saturated rings. The third-order valence-electron chi connectivity index (χ3n) is 2.70. The van der Waals surface area contributed by atoms with Gasteiger partial charge in [0.25, 0.3) is 0 Å². The van der Waals surface area contributed by atoms with Crippen molar-refractivity contribution in [1.29, 1.82) is 0 Å². The Kier molecular flexibility index (Phi) is 1.17. The van der Waals surface area contributed by atoms with Crippen molar-refractivity contribution >= 4 is 0 Å². The van der Waals surface area contributed by atoms with Crippen LogP contribution in [0.25, 0.3) is 0 Å². The number of nitrogens with zero attached hydrogens (tertiary/aromatic N) is 2. The molecule has 0 unspecified atom stereocenters. The van der Waals surface area contributed by atoms with Crippen molar-refractivity contribution in [2.75, 3.05) is 0 Å². The van der Waals surface area contributed by atoms with Crippen LogP contribution in [0, 0.1) is 6.92 Å². The molecule has 1 aliphatic carbocycles. The van der Waals surface area contributed by atoms with Crippen molar-refractivity contribution in [3.63, 3.8) is 0 Å². The first-order valence-corrected chi connectivity index (χ1v) is 4.51. The molecule has 2 aliphatic rings. The van der Waals surface area contributed by atoms with E-state index in [0.29, 0.717) is 6.04 Å². The van der Waals surface area contributed by atoms with Crippen molar-refractivity contribution < 1.29 is 4.74 Å². The number of aryl methyl sites for hydroxylation is 1. The Morgan fingerprint density at radius 3 is 3.00 bits per heavy atom. The Balaban J connectivity index is 2.13. The fraction of sp³-hybridized carbons (Fsp3) is 0.667. The molecular formula is C9H12N2O. The highest BCUT2D eigenvalue weighted by atomic mass is 16.5. The van der Waals surface area contributed by atoms with Gasteiger partial charge in [-0.15, -0.1) is 0 Å². The van der Waals surface area contributed by atoms with E-state index < -0.39 is 0 Å². The minimum Gasteiger partial charge on any atom is -0.370 e. The van der Waals surface area contributed by atoms with Gasteiger partial charge in [0.1, 0.15) is 0 Å². The van der Waals surface area contributed by atoms with Crippen molar-refractivity contribution in [1.82, 2.24) is 9.78 Å². The molecule has 1 aromatic rings. The maximum absolute atomic E-state index is 5.39. The zero-order valence-electron chi connectivity index (χ0n) is 7.21. The van der Waals surface area contributed by atoms with Gasteiger partial charge < -0.3 is 4.74 Å². The zero-order chi connectivity index (χ0) is 8.13. The van der Waals surface area contributed by atoms with E-state index in [2.05, 4.69) is 16.7 Å². The van der Waals surface area contributed by atoms with Crippen LogP contribution in [0.5, 0.6) is 0 Å². The first-order valence-electron chi connectivity index (χ1n) is 4.51. The summed E-state index contributed by atoms with van der Waals surface area (Å²) in [5.74, 6) is 0. The van der Waals surface area contributed by atoms with E-state index in [4.69, 9.17) is 4.74 Å². The summed E-state index contributed by atoms with van der Waals surface area (Å²) in [4.78, 5) is 0. The second kappa shape index (κ2) is 2.10. The lowest BCUT2D eigenvalue weighted by Gasteiger charge is -2.00. The van der Waals surface area contributed by atoms with Gasteiger partial charge in [-0.2, -0.15) is 5.10 Å². The molecule has 0 radical (unpaired) electrons. The second-order valence-electron chi connectivity index (χ2n) is 3.68. The molecule has 0 atom stereocenters. The topological polar surface area (TPSA) is 27.1 Å². The number of rotatable bonds is 1. The predicted octanol–water partition coefficient (Wildman–Crippen LogP) is 1.56. The summed E-state index contributed by atoms with van der Waals surface area (Å²) in [6, 6.07) is 0.689. The SMILES string of the molecule is Cc1nn(C2CC2)c2c1COC2. The number of fused-ring (bicyclic) bond motifs is 1. The van der Waals surface area contributed by atoms with E-state index in [-0.39, 0.29) is 0 Å². The Morgan fingerprint density at radius 1 is 1.42 bits per heavy atom. The minimum atomic E-state index is 0.689. The van der Waals surface area contributed by atoms with Crippen LogP contribution in [-0.2, 0) is 18.0 Å². The normalized spacial score (nSPS) is 21.4. The van der Waals surface area contributed by atoms with Gasteiger partial charge in [0.15, 0.2) is 0 Å². The molecule has 1 saturated carbocycles. The fourth-order valence-electron chi connectivity index (χ4n) is 1.84. The highest BCUT2D eigenvalue weighted by molar-refractivity contribution is 5.27. The molecule has 2 heterocycles. The Hall–Kier alpha value is -0.830. The maximum atomic E-state index is 5.39. The molecule has 1 aromatic heterocycles. The standard InChI is InChI=1S/C9H12N2O/c1-6-8-4-12-5-9(8)11(10-6)7-2-3-7/h7H,2-5H2,1H3. The van der Waals surface area contributed by atoms with Gasteiger partial charge in [-0.3, -0.25) is 4.68 Å². The van der Waals surface area contributed by atoms with Gasteiger partial charge in [-0.05, 0) is 19.8 Å². The Labute approximate surface area is 71.3 Å². The lowest BCUT2D eigenvalue weighted by atomic mass is 10.2. The molecular weight excluding hydrogens is 152 g/mol. The maximum Gasteiger partial charge on any atom is 0.0893 e. The fourth-order valence-corrected chi connectivity index (χ4v) is 1.84. The van der Waals surface area contributed by atoms with Crippen molar-refractivity contribution in [2.24, 2.45) is 0 Å². The van der Waals surface area contributed by atoms with Crippen LogP contribution in [0.4, 0.5) is 0 Å². The van der Waals surface area contributed by atoms with Crippen LogP contribution in [0.15, 0.2) is 0 Å². The summed E-state index contributed by atoms with van der Waals surface area (Å²) in [5.41, 5.74) is 3.83. The van der Waals surface area contributed by atoms with E-state index in [9.17, 15) is 0 Å². The lowest BCUT2D eigenvalue weighted by molar-refractivity contribution is 0.128. The lowest BCUT2D eigenvalue weighted by Crippen LogP contribution is -2.01. The van der Waals surface area contributed by atoms with E-state index in [0.717, 1.165) is 18.9 Å². The van der Waals surface area contributed by atoms with E-state index in [1.807, 2.05) is 0 Å². The highest BCUT2D eigenvalue weighted by Crippen LogP contribution is 2.38. The van der Waals surface area contributed by atoms with Crippen molar-refractivity contribution in [3.05, 3.63) is 17.0 Å². The molecule has 64 valence electrons. The molecule has 0 N–H and O–H groups in total. The van der Waals surface area contributed by atoms with Gasteiger partial charge in [-0.25, -0.2) is 0 Å². The molecule has 3 rings (SSSR count). The van der Waals surface area contributed by atoms with Crippen LogP contribution in [0.3, 0.4) is 0 Å². The van der Waals surface area contributed by atoms with Gasteiger partial charge in [-0.1, -0.05) is 0 Å². The monoisotopic (exact) mass is 164 g/mol. The molecule has 1 aliphatic heterocycles. The third kappa shape index (κ3) is 0.771. The van der Waals surface area contributed by atoms with E-state index >= 15 is 0 Å². The number of hydrogen-bond donors (Lipinski definition) is 0. The molecule has 0 aromatic carbocycles. The molecule has 0 bridgehead atoms. The van der Waals surface area contributed by atoms with Crippen LogP contribution in [0.2, 0.25) is 0 Å². The number of aromatic nitrogens is 2. The zero-order valence-corrected chi connectivity index (χ0v) is 7.21. The van der Waals surface area contributed by atoms with E-state index in [1.165, 1.54) is 24.1 Å². The van der Waals surface area contributed by atoms with Gasteiger partial charge in [0, 0.05) is 5.56 Å². The van der Waals surface area contributed by atoms with Crippen LogP contribution >= 0.6 is 0 Å². The first-order chi connectivity index (χ1) is 5.86. The highest BCUT2D eigenvalue weighted by Gasteiger charge is 2.30. The average Bonchev–Trinajstić information content (AvgIpc) is 2.68. The van der Waals surface area contributed by atoms with E-state index in [1.54, 1.807) is 0 Å². The summed E-state index contributed by atoms with van der Waals surface area (Å²) in [7, 11) is 0. The number of hydrogen-bond acceptors (Lipinski definition) is 2. The quantitative estimate of drug-likeness (QED) is 0.629. The summed E-state index contributed by atoms with van der Waals surface area (Å²) in [6.45, 7) is 3.62.